The second-order valence-electron chi connectivity index (χ2n) is 13.7. The fourth-order valence-electron chi connectivity index (χ4n) is 6.87. The number of carbonyl (C=O) groups excluding carboxylic acids is 3. The summed E-state index contributed by atoms with van der Waals surface area (Å²) < 4.78 is 22.9. The Bertz CT molecular complexity index is 1450. The molecule has 2 aliphatic heterocycles. The molecular formula is C34H46N4O7. The van der Waals surface area contributed by atoms with E-state index in [0.717, 1.165) is 25.7 Å². The minimum Gasteiger partial charge on any atom is -0.497 e. The molecule has 2 amide bonds. The van der Waals surface area contributed by atoms with Crippen molar-refractivity contribution in [1.82, 2.24) is 20.2 Å². The van der Waals surface area contributed by atoms with E-state index in [2.05, 4.69) is 25.2 Å². The van der Waals surface area contributed by atoms with Gasteiger partial charge in [0, 0.05) is 12.5 Å². The number of alkyl carbamates (subject to hydrolysis) is 1. The van der Waals surface area contributed by atoms with Gasteiger partial charge in [0.1, 0.15) is 35.7 Å². The maximum Gasteiger partial charge on any atom is 0.408 e. The molecule has 11 nitrogen and oxygen atoms in total. The maximum atomic E-state index is 14.2. The zero-order valence-corrected chi connectivity index (χ0v) is 27.4. The molecule has 2 bridgehead atoms. The third kappa shape index (κ3) is 7.02. The average Bonchev–Trinajstić information content (AvgIpc) is 3.53. The Balaban J connectivity index is 1.54. The third-order valence-corrected chi connectivity index (χ3v) is 9.63. The van der Waals surface area contributed by atoms with Gasteiger partial charge < -0.3 is 29.2 Å². The van der Waals surface area contributed by atoms with Gasteiger partial charge >= 0.3 is 12.1 Å². The Morgan fingerprint density at radius 3 is 2.56 bits per heavy atom. The summed E-state index contributed by atoms with van der Waals surface area (Å²) in [6, 6.07) is 3.64. The highest BCUT2D eigenvalue weighted by Gasteiger charge is 2.47. The van der Waals surface area contributed by atoms with Crippen LogP contribution in [0.15, 0.2) is 24.3 Å². The molecule has 5 rings (SSSR count). The van der Waals surface area contributed by atoms with Crippen LogP contribution in [0.25, 0.3) is 17.1 Å². The van der Waals surface area contributed by atoms with Gasteiger partial charge in [-0.2, -0.15) is 0 Å². The van der Waals surface area contributed by atoms with Crippen molar-refractivity contribution in [1.29, 1.82) is 0 Å². The summed E-state index contributed by atoms with van der Waals surface area (Å²) in [6.45, 7) is 10.1. The lowest BCUT2D eigenvalue weighted by atomic mass is 9.85. The van der Waals surface area contributed by atoms with E-state index in [4.69, 9.17) is 28.9 Å². The lowest BCUT2D eigenvalue weighted by Crippen LogP contribution is -2.57. The monoisotopic (exact) mass is 622 g/mol. The molecule has 1 aromatic heterocycles. The number of hydrogen-bond acceptors (Lipinski definition) is 9. The summed E-state index contributed by atoms with van der Waals surface area (Å²) in [5, 5.41) is 2.87. The lowest BCUT2D eigenvalue weighted by Gasteiger charge is -2.35. The van der Waals surface area contributed by atoms with Crippen LogP contribution >= 0.6 is 0 Å². The van der Waals surface area contributed by atoms with Crippen molar-refractivity contribution in [2.45, 2.75) is 91.0 Å². The molecule has 0 spiro atoms. The zero-order chi connectivity index (χ0) is 32.5. The van der Waals surface area contributed by atoms with Gasteiger partial charge in [-0.15, -0.1) is 0 Å². The van der Waals surface area contributed by atoms with Gasteiger partial charge in [-0.25, -0.2) is 19.6 Å². The van der Waals surface area contributed by atoms with E-state index in [0.29, 0.717) is 40.2 Å². The number of amides is 2. The molecular weight excluding hydrogens is 576 g/mol. The Morgan fingerprint density at radius 1 is 1.07 bits per heavy atom. The summed E-state index contributed by atoms with van der Waals surface area (Å²) in [5.41, 5.74) is 1.19. The van der Waals surface area contributed by atoms with Crippen molar-refractivity contribution in [3.63, 3.8) is 0 Å². The van der Waals surface area contributed by atoms with E-state index < -0.39 is 41.6 Å². The summed E-state index contributed by atoms with van der Waals surface area (Å²) in [4.78, 5) is 51.6. The van der Waals surface area contributed by atoms with E-state index in [1.807, 2.05) is 39.0 Å². The standard InChI is InChI=1S/C34H46N4O7/c1-19-15-28-23(20(19)2)11-9-8-10-12-25-30(36-26-16-21(42-6)13-14-24(26)35-25)44-22-17-27(32(40)43-7)38(18-22)31(39)29(34(3,4)5)37-33(41)45-28/h10,12-14,16,19-20,22-23,27-29H,8-9,11,15,17-18H2,1-7H3,(H,37,41)/b12-10+/t19-,20-,22+,23+,27-,28+,29+/m0/s1. The topological polar surface area (TPSA) is 129 Å². The molecule has 1 aliphatic carbocycles. The van der Waals surface area contributed by atoms with Crippen LogP contribution in [0.1, 0.15) is 72.4 Å². The molecule has 244 valence electrons. The van der Waals surface area contributed by atoms with E-state index in [1.54, 1.807) is 13.2 Å². The van der Waals surface area contributed by atoms with Crippen LogP contribution in [0.3, 0.4) is 0 Å². The largest absolute Gasteiger partial charge is 0.497 e. The predicted octanol–water partition coefficient (Wildman–Crippen LogP) is 5.16. The van der Waals surface area contributed by atoms with Gasteiger partial charge in [-0.1, -0.05) is 40.7 Å². The van der Waals surface area contributed by atoms with Gasteiger partial charge in [0.05, 0.1) is 31.8 Å². The van der Waals surface area contributed by atoms with Crippen molar-refractivity contribution < 1.29 is 33.3 Å². The number of hydrogen-bond donors (Lipinski definition) is 1. The number of ether oxygens (including phenoxy) is 4. The molecule has 1 N–H and O–H groups in total. The smallest absolute Gasteiger partial charge is 0.408 e. The lowest BCUT2D eigenvalue weighted by molar-refractivity contribution is -0.152. The number of carbonyl (C=O) groups is 3. The van der Waals surface area contributed by atoms with Crippen LogP contribution in [0.4, 0.5) is 4.79 Å². The third-order valence-electron chi connectivity index (χ3n) is 9.63. The van der Waals surface area contributed by atoms with Gasteiger partial charge in [0.15, 0.2) is 0 Å². The first kappa shape index (κ1) is 32.5. The number of nitrogens with one attached hydrogen (secondary N) is 1. The van der Waals surface area contributed by atoms with E-state index in [9.17, 15) is 14.4 Å². The summed E-state index contributed by atoms with van der Waals surface area (Å²) in [5.74, 6) is 1.00. The minimum absolute atomic E-state index is 0.0998. The number of nitrogens with zero attached hydrogens (tertiary/aromatic N) is 3. The number of aromatic nitrogens is 2. The van der Waals surface area contributed by atoms with Crippen LogP contribution in [0.5, 0.6) is 11.6 Å². The molecule has 1 saturated heterocycles. The molecule has 1 aromatic carbocycles. The van der Waals surface area contributed by atoms with Gasteiger partial charge in [0.25, 0.3) is 0 Å². The van der Waals surface area contributed by atoms with Crippen molar-refractivity contribution in [3.8, 4) is 11.6 Å². The number of fused-ring (bicyclic) bond motifs is 5. The normalized spacial score (nSPS) is 30.2. The zero-order valence-electron chi connectivity index (χ0n) is 27.4. The summed E-state index contributed by atoms with van der Waals surface area (Å²) in [7, 11) is 2.89. The SMILES string of the molecule is COC(=O)[C@@H]1C[C@@H]2CN1C(=O)[C@H](C(C)(C)C)NC(=O)O[C@@H]1C[C@H](C)[C@H](C)[C@H]1CCC/C=C/c1nc3ccc(OC)cc3nc1O2. The Hall–Kier alpha value is -3.89. The Kier molecular flexibility index (Phi) is 9.55. The second kappa shape index (κ2) is 13.2. The van der Waals surface area contributed by atoms with E-state index in [1.165, 1.54) is 12.0 Å². The van der Waals surface area contributed by atoms with Crippen molar-refractivity contribution in [3.05, 3.63) is 30.0 Å². The van der Waals surface area contributed by atoms with Gasteiger partial charge in [-0.3, -0.25) is 4.79 Å². The first-order chi connectivity index (χ1) is 21.4. The van der Waals surface area contributed by atoms with Crippen molar-refractivity contribution in [2.75, 3.05) is 20.8 Å². The van der Waals surface area contributed by atoms with Gasteiger partial charge in [0.2, 0.25) is 11.8 Å². The fourth-order valence-corrected chi connectivity index (χ4v) is 6.87. The van der Waals surface area contributed by atoms with Crippen LogP contribution < -0.4 is 14.8 Å². The van der Waals surface area contributed by atoms with Crippen molar-refractivity contribution >= 4 is 35.1 Å². The highest BCUT2D eigenvalue weighted by molar-refractivity contribution is 5.91. The molecule has 0 radical (unpaired) electrons. The first-order valence-electron chi connectivity index (χ1n) is 15.9. The molecule has 11 heteroatoms. The number of allylic oxidation sites excluding steroid dienone is 1. The number of rotatable bonds is 2. The highest BCUT2D eigenvalue weighted by atomic mass is 16.6. The molecule has 2 aromatic rings. The molecule has 45 heavy (non-hydrogen) atoms. The number of esters is 1. The van der Waals surface area contributed by atoms with Crippen LogP contribution in [-0.2, 0) is 19.1 Å². The minimum atomic E-state index is -0.948. The van der Waals surface area contributed by atoms with Crippen LogP contribution in [-0.4, -0.2) is 77.9 Å². The van der Waals surface area contributed by atoms with E-state index in [-0.39, 0.29) is 25.0 Å². The molecule has 1 saturated carbocycles. The van der Waals surface area contributed by atoms with Gasteiger partial charge in [-0.05, 0) is 67.1 Å². The molecule has 2 fully saturated rings. The summed E-state index contributed by atoms with van der Waals surface area (Å²) >= 11 is 0. The second-order valence-corrected chi connectivity index (χ2v) is 13.7. The average molecular weight is 623 g/mol. The fraction of sp³-hybridized carbons (Fsp3) is 0.618. The number of methoxy groups -OCH3 is 2. The Morgan fingerprint density at radius 2 is 1.84 bits per heavy atom. The summed E-state index contributed by atoms with van der Waals surface area (Å²) in [6.07, 6.45) is 6.15. The quantitative estimate of drug-likeness (QED) is 0.452. The van der Waals surface area contributed by atoms with Crippen molar-refractivity contribution in [2.24, 2.45) is 23.2 Å². The number of benzene rings is 1. The first-order valence-corrected chi connectivity index (χ1v) is 15.9. The molecule has 3 heterocycles. The highest BCUT2D eigenvalue weighted by Crippen LogP contribution is 2.41. The molecule has 0 unspecified atom stereocenters. The molecule has 3 aliphatic rings. The van der Waals surface area contributed by atoms with Crippen LogP contribution in [0.2, 0.25) is 0 Å². The van der Waals surface area contributed by atoms with E-state index >= 15 is 0 Å². The predicted molar refractivity (Wildman–Crippen MR) is 169 cm³/mol. The molecule has 7 atom stereocenters. The Labute approximate surface area is 265 Å². The maximum absolute atomic E-state index is 14.2. The van der Waals surface area contributed by atoms with Crippen LogP contribution in [0, 0.1) is 23.2 Å².